The summed E-state index contributed by atoms with van der Waals surface area (Å²) >= 11 is 0. The zero-order valence-corrected chi connectivity index (χ0v) is 12.8. The summed E-state index contributed by atoms with van der Waals surface area (Å²) in [4.78, 5) is 18.1. The molecule has 4 heteroatoms. The Kier molecular flexibility index (Phi) is 4.31. The van der Waals surface area contributed by atoms with E-state index in [0.29, 0.717) is 11.8 Å². The Hall–Kier alpha value is -1.58. The fraction of sp³-hybridized carbons (Fsp3) is 0.625. The van der Waals surface area contributed by atoms with Crippen LogP contribution >= 0.6 is 0 Å². The van der Waals surface area contributed by atoms with Crippen LogP contribution in [0.5, 0.6) is 0 Å². The van der Waals surface area contributed by atoms with Crippen molar-refractivity contribution in [2.24, 2.45) is 5.92 Å². The summed E-state index contributed by atoms with van der Waals surface area (Å²) in [5, 5.41) is 0. The smallest absolute Gasteiger partial charge is 0.410 e. The van der Waals surface area contributed by atoms with E-state index >= 15 is 0 Å². The minimum Gasteiger partial charge on any atom is -0.444 e. The van der Waals surface area contributed by atoms with Crippen LogP contribution in [0.1, 0.15) is 45.6 Å². The third-order valence-electron chi connectivity index (χ3n) is 3.67. The minimum absolute atomic E-state index is 0.200. The van der Waals surface area contributed by atoms with Crippen LogP contribution in [0, 0.1) is 5.92 Å². The van der Waals surface area contributed by atoms with E-state index in [4.69, 9.17) is 4.74 Å². The van der Waals surface area contributed by atoms with Crippen LogP contribution in [0.3, 0.4) is 0 Å². The monoisotopic (exact) mass is 276 g/mol. The normalized spacial score (nSPS) is 23.5. The molecule has 1 aromatic heterocycles. The predicted molar refractivity (Wildman–Crippen MR) is 78.6 cm³/mol. The van der Waals surface area contributed by atoms with E-state index in [9.17, 15) is 4.79 Å². The molecule has 4 nitrogen and oxygen atoms in total. The number of nitrogens with zero attached hydrogens (tertiary/aromatic N) is 2. The van der Waals surface area contributed by atoms with E-state index in [0.717, 1.165) is 19.5 Å². The highest BCUT2D eigenvalue weighted by atomic mass is 16.6. The van der Waals surface area contributed by atoms with Crippen molar-refractivity contribution in [2.45, 2.75) is 45.6 Å². The van der Waals surface area contributed by atoms with Crippen molar-refractivity contribution in [2.75, 3.05) is 13.1 Å². The molecule has 0 radical (unpaired) electrons. The molecule has 2 rings (SSSR count). The molecule has 2 atom stereocenters. The first-order chi connectivity index (χ1) is 9.37. The van der Waals surface area contributed by atoms with Crippen molar-refractivity contribution in [1.82, 2.24) is 9.88 Å². The van der Waals surface area contributed by atoms with Gasteiger partial charge in [0, 0.05) is 25.5 Å². The molecule has 1 fully saturated rings. The van der Waals surface area contributed by atoms with Crippen molar-refractivity contribution in [3.63, 3.8) is 0 Å². The maximum atomic E-state index is 12.1. The number of rotatable bonds is 1. The lowest BCUT2D eigenvalue weighted by Gasteiger charge is -2.37. The molecule has 2 heterocycles. The van der Waals surface area contributed by atoms with Crippen LogP contribution in [0.15, 0.2) is 24.5 Å². The van der Waals surface area contributed by atoms with E-state index in [1.165, 1.54) is 5.56 Å². The molecule has 1 amide bonds. The van der Waals surface area contributed by atoms with E-state index in [1.807, 2.05) is 37.9 Å². The average Bonchev–Trinajstić information content (AvgIpc) is 2.37. The Labute approximate surface area is 121 Å². The quantitative estimate of drug-likeness (QED) is 0.789. The summed E-state index contributed by atoms with van der Waals surface area (Å²) in [6.45, 7) is 9.38. The Balaban J connectivity index is 1.97. The number of hydrogen-bond donors (Lipinski definition) is 0. The van der Waals surface area contributed by atoms with Crippen LogP contribution in [0.4, 0.5) is 4.79 Å². The first kappa shape index (κ1) is 14.8. The fourth-order valence-electron chi connectivity index (χ4n) is 2.73. The standard InChI is InChI=1S/C16H24N2O2/c1-12-11-18(15(19)20-16(2,3)4)9-7-14(12)13-6-5-8-17-10-13/h5-6,8,10,12,14H,7,9,11H2,1-4H3. The molecule has 0 N–H and O–H groups in total. The van der Waals surface area contributed by atoms with Gasteiger partial charge in [-0.25, -0.2) is 4.79 Å². The lowest BCUT2D eigenvalue weighted by Crippen LogP contribution is -2.44. The number of carbonyl (C=O) groups excluding carboxylic acids is 1. The van der Waals surface area contributed by atoms with Gasteiger partial charge in [0.15, 0.2) is 0 Å². The van der Waals surface area contributed by atoms with Crippen LogP contribution < -0.4 is 0 Å². The van der Waals surface area contributed by atoms with Gasteiger partial charge < -0.3 is 9.64 Å². The topological polar surface area (TPSA) is 42.4 Å². The molecule has 110 valence electrons. The number of ether oxygens (including phenoxy) is 1. The minimum atomic E-state index is -0.430. The number of piperidine rings is 1. The number of likely N-dealkylation sites (tertiary alicyclic amines) is 1. The zero-order chi connectivity index (χ0) is 14.8. The number of aromatic nitrogens is 1. The summed E-state index contributed by atoms with van der Waals surface area (Å²) in [5.74, 6) is 0.892. The van der Waals surface area contributed by atoms with E-state index < -0.39 is 5.60 Å². The molecule has 0 aliphatic carbocycles. The fourth-order valence-corrected chi connectivity index (χ4v) is 2.73. The Morgan fingerprint density at radius 3 is 2.75 bits per heavy atom. The van der Waals surface area contributed by atoms with Gasteiger partial charge in [0.25, 0.3) is 0 Å². The van der Waals surface area contributed by atoms with Gasteiger partial charge in [0.2, 0.25) is 0 Å². The lowest BCUT2D eigenvalue weighted by molar-refractivity contribution is 0.0155. The molecule has 2 unspecified atom stereocenters. The summed E-state index contributed by atoms with van der Waals surface area (Å²) < 4.78 is 5.44. The highest BCUT2D eigenvalue weighted by molar-refractivity contribution is 5.68. The van der Waals surface area contributed by atoms with Crippen LogP contribution in [-0.2, 0) is 4.74 Å². The van der Waals surface area contributed by atoms with Crippen LogP contribution in [0.2, 0.25) is 0 Å². The van der Waals surface area contributed by atoms with Crippen molar-refractivity contribution in [3.8, 4) is 0 Å². The van der Waals surface area contributed by atoms with Gasteiger partial charge in [-0.05, 0) is 50.7 Å². The summed E-state index contributed by atoms with van der Waals surface area (Å²) in [7, 11) is 0. The summed E-state index contributed by atoms with van der Waals surface area (Å²) in [6.07, 6.45) is 4.49. The van der Waals surface area contributed by atoms with Crippen molar-refractivity contribution in [1.29, 1.82) is 0 Å². The molecule has 1 saturated heterocycles. The predicted octanol–water partition coefficient (Wildman–Crippen LogP) is 3.44. The number of amides is 1. The van der Waals surface area contributed by atoms with E-state index in [2.05, 4.69) is 18.0 Å². The molecule has 0 spiro atoms. The lowest BCUT2D eigenvalue weighted by atomic mass is 9.82. The third kappa shape index (κ3) is 3.71. The Morgan fingerprint density at radius 1 is 1.45 bits per heavy atom. The number of hydrogen-bond acceptors (Lipinski definition) is 3. The van der Waals surface area contributed by atoms with Crippen LogP contribution in [-0.4, -0.2) is 34.7 Å². The van der Waals surface area contributed by atoms with Crippen LogP contribution in [0.25, 0.3) is 0 Å². The molecule has 1 aliphatic rings. The maximum absolute atomic E-state index is 12.1. The average molecular weight is 276 g/mol. The highest BCUT2D eigenvalue weighted by Gasteiger charge is 2.31. The molecule has 20 heavy (non-hydrogen) atoms. The van der Waals surface area contributed by atoms with Crippen molar-refractivity contribution >= 4 is 6.09 Å². The zero-order valence-electron chi connectivity index (χ0n) is 12.8. The molecule has 0 aromatic carbocycles. The largest absolute Gasteiger partial charge is 0.444 e. The van der Waals surface area contributed by atoms with E-state index in [-0.39, 0.29) is 6.09 Å². The highest BCUT2D eigenvalue weighted by Crippen LogP contribution is 2.32. The SMILES string of the molecule is CC1CN(C(=O)OC(C)(C)C)CCC1c1cccnc1. The second-order valence-corrected chi connectivity index (χ2v) is 6.59. The van der Waals surface area contributed by atoms with Gasteiger partial charge in [0.05, 0.1) is 0 Å². The molecule has 0 bridgehead atoms. The van der Waals surface area contributed by atoms with Gasteiger partial charge in [-0.15, -0.1) is 0 Å². The summed E-state index contributed by atoms with van der Waals surface area (Å²) in [5.41, 5.74) is 0.837. The molecule has 1 aromatic rings. The number of pyridine rings is 1. The number of carbonyl (C=O) groups is 1. The Bertz CT molecular complexity index is 453. The van der Waals surface area contributed by atoms with E-state index in [1.54, 1.807) is 6.20 Å². The van der Waals surface area contributed by atoms with Gasteiger partial charge in [-0.2, -0.15) is 0 Å². The molecule has 0 saturated carbocycles. The Morgan fingerprint density at radius 2 is 2.20 bits per heavy atom. The molecular weight excluding hydrogens is 252 g/mol. The summed E-state index contributed by atoms with van der Waals surface area (Å²) in [6, 6.07) is 4.10. The molecular formula is C16H24N2O2. The van der Waals surface area contributed by atoms with Crippen molar-refractivity contribution in [3.05, 3.63) is 30.1 Å². The van der Waals surface area contributed by atoms with Gasteiger partial charge >= 0.3 is 6.09 Å². The van der Waals surface area contributed by atoms with Gasteiger partial charge in [0.1, 0.15) is 5.60 Å². The second-order valence-electron chi connectivity index (χ2n) is 6.59. The first-order valence-corrected chi connectivity index (χ1v) is 7.24. The third-order valence-corrected chi connectivity index (χ3v) is 3.67. The molecule has 1 aliphatic heterocycles. The first-order valence-electron chi connectivity index (χ1n) is 7.24. The maximum Gasteiger partial charge on any atom is 0.410 e. The van der Waals surface area contributed by atoms with Gasteiger partial charge in [-0.3, -0.25) is 4.98 Å². The van der Waals surface area contributed by atoms with Crippen molar-refractivity contribution < 1.29 is 9.53 Å². The van der Waals surface area contributed by atoms with Gasteiger partial charge in [-0.1, -0.05) is 13.0 Å². The second kappa shape index (κ2) is 5.81.